The predicted molar refractivity (Wildman–Crippen MR) is 148 cm³/mol. The van der Waals surface area contributed by atoms with E-state index in [2.05, 4.69) is 4.90 Å². The summed E-state index contributed by atoms with van der Waals surface area (Å²) in [5, 5.41) is 9.60. The van der Waals surface area contributed by atoms with Crippen molar-refractivity contribution in [2.75, 3.05) is 37.6 Å². The van der Waals surface area contributed by atoms with E-state index in [1.807, 2.05) is 4.90 Å². The lowest BCUT2D eigenvalue weighted by Crippen LogP contribution is -2.48. The summed E-state index contributed by atoms with van der Waals surface area (Å²) in [4.78, 5) is 43.4. The number of piperazine rings is 1. The molecule has 7 nitrogen and oxygen atoms in total. The Hall–Kier alpha value is -3.68. The third-order valence-corrected chi connectivity index (χ3v) is 7.78. The summed E-state index contributed by atoms with van der Waals surface area (Å²) in [6.45, 7) is 5.32. The van der Waals surface area contributed by atoms with Crippen LogP contribution in [0.3, 0.4) is 0 Å². The normalized spacial score (nSPS) is 16.5. The molecule has 0 saturated carbocycles. The van der Waals surface area contributed by atoms with Crippen molar-refractivity contribution < 1.29 is 27.6 Å². The van der Waals surface area contributed by atoms with Crippen molar-refractivity contribution in [2.45, 2.75) is 45.2 Å². The first-order valence-electron chi connectivity index (χ1n) is 13.5. The first-order valence-corrected chi connectivity index (χ1v) is 13.9. The minimum Gasteiger partial charge on any atom is -0.336 e. The highest BCUT2D eigenvalue weighted by Gasteiger charge is 2.39. The van der Waals surface area contributed by atoms with Crippen LogP contribution >= 0.6 is 11.6 Å². The van der Waals surface area contributed by atoms with E-state index in [0.717, 1.165) is 49.9 Å². The Labute approximate surface area is 241 Å². The molecule has 0 atom stereocenters. The van der Waals surface area contributed by atoms with Gasteiger partial charge in [-0.1, -0.05) is 24.4 Å². The molecule has 0 radical (unpaired) electrons. The largest absolute Gasteiger partial charge is 0.417 e. The van der Waals surface area contributed by atoms with E-state index in [1.165, 1.54) is 19.1 Å². The Morgan fingerprint density at radius 2 is 1.61 bits per heavy atom. The molecule has 0 unspecified atom stereocenters. The molecule has 3 amide bonds. The van der Waals surface area contributed by atoms with E-state index >= 15 is 0 Å². The maximum atomic E-state index is 13.4. The number of anilines is 1. The topological polar surface area (TPSA) is 84.7 Å². The summed E-state index contributed by atoms with van der Waals surface area (Å²) in [6.07, 6.45) is -1.05. The number of benzene rings is 2. The average Bonchev–Trinajstić information content (AvgIpc) is 3.17. The molecule has 2 heterocycles. The van der Waals surface area contributed by atoms with E-state index < -0.39 is 29.1 Å². The molecule has 2 aromatic carbocycles. The van der Waals surface area contributed by atoms with Crippen LogP contribution < -0.4 is 4.90 Å². The van der Waals surface area contributed by atoms with Crippen LogP contribution in [0, 0.1) is 11.3 Å². The van der Waals surface area contributed by atoms with E-state index in [4.69, 9.17) is 16.9 Å². The third-order valence-electron chi connectivity index (χ3n) is 7.53. The molecule has 0 N–H and O–H groups in total. The second kappa shape index (κ2) is 12.9. The van der Waals surface area contributed by atoms with Crippen molar-refractivity contribution in [3.05, 3.63) is 75.3 Å². The van der Waals surface area contributed by atoms with E-state index in [0.29, 0.717) is 48.2 Å². The van der Waals surface area contributed by atoms with Crippen LogP contribution in [0.15, 0.2) is 53.6 Å². The van der Waals surface area contributed by atoms with Crippen LogP contribution in [-0.2, 0) is 15.8 Å². The molecule has 2 aliphatic heterocycles. The number of carbonyl (C=O) groups excluding carboxylic acids is 3. The van der Waals surface area contributed by atoms with Gasteiger partial charge in [0.25, 0.3) is 17.7 Å². The molecule has 0 aromatic heterocycles. The van der Waals surface area contributed by atoms with Gasteiger partial charge in [-0.15, -0.1) is 0 Å². The Bertz CT molecular complexity index is 1390. The minimum atomic E-state index is -4.79. The summed E-state index contributed by atoms with van der Waals surface area (Å²) in [5.74, 6) is -1.25. The van der Waals surface area contributed by atoms with Gasteiger partial charge in [0.15, 0.2) is 0 Å². The summed E-state index contributed by atoms with van der Waals surface area (Å²) in [7, 11) is 0. The predicted octanol–water partition coefficient (Wildman–Crippen LogP) is 5.83. The summed E-state index contributed by atoms with van der Waals surface area (Å²) >= 11 is 5.90. The molecule has 0 aliphatic carbocycles. The second-order valence-electron chi connectivity index (χ2n) is 10.2. The number of nitrogens with zero attached hydrogens (tertiary/aromatic N) is 4. The number of imide groups is 1. The molecule has 0 bridgehead atoms. The van der Waals surface area contributed by atoms with E-state index in [-0.39, 0.29) is 17.2 Å². The molecule has 41 heavy (non-hydrogen) atoms. The zero-order chi connectivity index (χ0) is 29.7. The van der Waals surface area contributed by atoms with Gasteiger partial charge < -0.3 is 4.90 Å². The zero-order valence-electron chi connectivity index (χ0n) is 22.6. The van der Waals surface area contributed by atoms with Crippen LogP contribution in [0.1, 0.15) is 60.5 Å². The lowest BCUT2D eigenvalue weighted by Gasteiger charge is -2.34. The molecule has 216 valence electrons. The highest BCUT2D eigenvalue weighted by Crippen LogP contribution is 2.37. The Kier molecular flexibility index (Phi) is 9.51. The first kappa shape index (κ1) is 30.3. The molecular formula is C30H30ClF3N4O3. The standard InChI is InChI=1S/C30H30ClF3N4O3/c1-20-25(29(41)38(27(20)39)24-12-9-22(19-35)26(18-24)30(32,33)34)6-4-2-3-5-13-36-14-16-37(17-15-36)28(40)21-7-10-23(31)11-8-21/h7-12,18H,2-6,13-17H2,1H3. The zero-order valence-corrected chi connectivity index (χ0v) is 23.4. The van der Waals surface area contributed by atoms with Crippen LogP contribution in [0.4, 0.5) is 18.9 Å². The maximum Gasteiger partial charge on any atom is 0.417 e. The van der Waals surface area contributed by atoms with Gasteiger partial charge in [-0.05, 0) is 75.2 Å². The van der Waals surface area contributed by atoms with Gasteiger partial charge in [0.05, 0.1) is 22.9 Å². The van der Waals surface area contributed by atoms with Gasteiger partial charge in [-0.3, -0.25) is 19.3 Å². The maximum absolute atomic E-state index is 13.4. The molecule has 2 aromatic rings. The lowest BCUT2D eigenvalue weighted by atomic mass is 10.0. The van der Waals surface area contributed by atoms with Crippen molar-refractivity contribution in [3.8, 4) is 6.07 Å². The van der Waals surface area contributed by atoms with Crippen molar-refractivity contribution in [2.24, 2.45) is 0 Å². The number of nitriles is 1. The Morgan fingerprint density at radius 3 is 2.24 bits per heavy atom. The number of unbranched alkanes of at least 4 members (excludes halogenated alkanes) is 3. The Morgan fingerprint density at radius 1 is 0.951 bits per heavy atom. The van der Waals surface area contributed by atoms with Crippen molar-refractivity contribution >= 4 is 35.0 Å². The fourth-order valence-electron chi connectivity index (χ4n) is 5.16. The van der Waals surface area contributed by atoms with Gasteiger partial charge in [-0.25, -0.2) is 4.90 Å². The SMILES string of the molecule is CC1=C(CCCCCCN2CCN(C(=O)c3ccc(Cl)cc3)CC2)C(=O)N(c2ccc(C#N)c(C(F)(F)F)c2)C1=O. The number of carbonyl (C=O) groups is 3. The van der Waals surface area contributed by atoms with Gasteiger partial charge in [-0.2, -0.15) is 18.4 Å². The van der Waals surface area contributed by atoms with Gasteiger partial charge >= 0.3 is 6.18 Å². The fourth-order valence-corrected chi connectivity index (χ4v) is 5.28. The molecule has 2 aliphatic rings. The number of hydrogen-bond donors (Lipinski definition) is 0. The number of halogens is 4. The molecule has 11 heteroatoms. The number of amides is 3. The summed E-state index contributed by atoms with van der Waals surface area (Å²) in [6, 6.07) is 11.2. The number of hydrogen-bond acceptors (Lipinski definition) is 5. The summed E-state index contributed by atoms with van der Waals surface area (Å²) < 4.78 is 40.2. The third kappa shape index (κ3) is 6.97. The highest BCUT2D eigenvalue weighted by molar-refractivity contribution is 6.32. The van der Waals surface area contributed by atoms with E-state index in [9.17, 15) is 27.6 Å². The van der Waals surface area contributed by atoms with E-state index in [1.54, 1.807) is 24.3 Å². The molecule has 4 rings (SSSR count). The van der Waals surface area contributed by atoms with Crippen LogP contribution in [-0.4, -0.2) is 60.2 Å². The fraction of sp³-hybridized carbons (Fsp3) is 0.400. The van der Waals surface area contributed by atoms with Crippen LogP contribution in [0.2, 0.25) is 5.02 Å². The first-order chi connectivity index (χ1) is 19.5. The highest BCUT2D eigenvalue weighted by atomic mass is 35.5. The minimum absolute atomic E-state index is 0.00407. The molecule has 0 spiro atoms. The monoisotopic (exact) mass is 586 g/mol. The Balaban J connectivity index is 1.20. The number of rotatable bonds is 9. The molecule has 1 fully saturated rings. The van der Waals surface area contributed by atoms with Crippen LogP contribution in [0.25, 0.3) is 0 Å². The number of alkyl halides is 3. The summed E-state index contributed by atoms with van der Waals surface area (Å²) in [5.41, 5.74) is -0.775. The van der Waals surface area contributed by atoms with Crippen molar-refractivity contribution in [1.29, 1.82) is 5.26 Å². The average molecular weight is 587 g/mol. The van der Waals surface area contributed by atoms with Gasteiger partial charge in [0.1, 0.15) is 0 Å². The van der Waals surface area contributed by atoms with Gasteiger partial charge in [0.2, 0.25) is 0 Å². The molecule has 1 saturated heterocycles. The quantitative estimate of drug-likeness (QED) is 0.273. The second-order valence-corrected chi connectivity index (χ2v) is 10.6. The van der Waals surface area contributed by atoms with Crippen molar-refractivity contribution in [3.63, 3.8) is 0 Å². The molecular weight excluding hydrogens is 557 g/mol. The van der Waals surface area contributed by atoms with Gasteiger partial charge in [0, 0.05) is 47.9 Å². The van der Waals surface area contributed by atoms with Crippen LogP contribution in [0.5, 0.6) is 0 Å². The van der Waals surface area contributed by atoms with Crippen molar-refractivity contribution in [1.82, 2.24) is 9.80 Å². The smallest absolute Gasteiger partial charge is 0.336 e. The lowest BCUT2D eigenvalue weighted by molar-refractivity contribution is -0.138.